The molecule has 4 heterocycles. The van der Waals surface area contributed by atoms with Crippen LogP contribution < -0.4 is 5.32 Å². The summed E-state index contributed by atoms with van der Waals surface area (Å²) >= 11 is 1.37. The minimum atomic E-state index is 0.0778. The number of nitrogens with one attached hydrogen (secondary N) is 1. The average molecular weight is 315 g/mol. The highest BCUT2D eigenvalue weighted by Gasteiger charge is 2.32. The van der Waals surface area contributed by atoms with Crippen LogP contribution in [0.3, 0.4) is 0 Å². The van der Waals surface area contributed by atoms with E-state index in [-0.39, 0.29) is 5.91 Å². The fraction of sp³-hybridized carbons (Fsp3) is 0.467. The molecule has 7 heteroatoms. The van der Waals surface area contributed by atoms with Crippen molar-refractivity contribution in [3.63, 3.8) is 0 Å². The Morgan fingerprint density at radius 1 is 1.18 bits per heavy atom. The predicted molar refractivity (Wildman–Crippen MR) is 83.6 cm³/mol. The second kappa shape index (κ2) is 5.73. The first-order valence-electron chi connectivity index (χ1n) is 7.58. The quantitative estimate of drug-likeness (QED) is 0.911. The Morgan fingerprint density at radius 3 is 2.86 bits per heavy atom. The molecule has 2 saturated heterocycles. The van der Waals surface area contributed by atoms with Crippen LogP contribution in [0.4, 0.5) is 0 Å². The Kier molecular flexibility index (Phi) is 3.59. The van der Waals surface area contributed by atoms with Gasteiger partial charge in [-0.05, 0) is 25.3 Å². The molecule has 0 spiro atoms. The molecule has 2 unspecified atom stereocenters. The summed E-state index contributed by atoms with van der Waals surface area (Å²) in [6.07, 6.45) is 8.46. The van der Waals surface area contributed by atoms with E-state index in [9.17, 15) is 4.79 Å². The van der Waals surface area contributed by atoms with E-state index in [2.05, 4.69) is 20.3 Å². The highest BCUT2D eigenvalue weighted by atomic mass is 32.1. The third kappa shape index (κ3) is 2.62. The van der Waals surface area contributed by atoms with Gasteiger partial charge in [0.2, 0.25) is 0 Å². The molecule has 2 aliphatic heterocycles. The lowest BCUT2D eigenvalue weighted by atomic mass is 10.1. The summed E-state index contributed by atoms with van der Waals surface area (Å²) in [6, 6.07) is 2.79. The van der Waals surface area contributed by atoms with Crippen LogP contribution in [0, 0.1) is 0 Å². The van der Waals surface area contributed by atoms with Crippen molar-refractivity contribution >= 4 is 17.2 Å². The van der Waals surface area contributed by atoms with Crippen molar-refractivity contribution in [3.8, 4) is 10.8 Å². The van der Waals surface area contributed by atoms with Crippen LogP contribution in [0.15, 0.2) is 24.7 Å². The molecule has 4 rings (SSSR count). The van der Waals surface area contributed by atoms with Gasteiger partial charge in [-0.2, -0.15) is 0 Å². The zero-order valence-electron chi connectivity index (χ0n) is 12.1. The highest BCUT2D eigenvalue weighted by Crippen LogP contribution is 2.25. The van der Waals surface area contributed by atoms with Crippen molar-refractivity contribution in [3.05, 3.63) is 29.5 Å². The largest absolute Gasteiger partial charge is 0.336 e. The van der Waals surface area contributed by atoms with Crippen LogP contribution in [-0.2, 0) is 0 Å². The second-order valence-electron chi connectivity index (χ2n) is 5.78. The fourth-order valence-corrected chi connectivity index (χ4v) is 4.00. The number of hydrogen-bond acceptors (Lipinski definition) is 6. The van der Waals surface area contributed by atoms with Gasteiger partial charge < -0.3 is 10.2 Å². The molecule has 0 radical (unpaired) electrons. The second-order valence-corrected chi connectivity index (χ2v) is 6.81. The van der Waals surface area contributed by atoms with E-state index in [4.69, 9.17) is 0 Å². The molecule has 0 aromatic carbocycles. The summed E-state index contributed by atoms with van der Waals surface area (Å²) < 4.78 is 0. The van der Waals surface area contributed by atoms with Crippen LogP contribution in [0.2, 0.25) is 0 Å². The van der Waals surface area contributed by atoms with Gasteiger partial charge in [0.1, 0.15) is 4.88 Å². The summed E-state index contributed by atoms with van der Waals surface area (Å²) in [5.41, 5.74) is 0. The van der Waals surface area contributed by atoms with Crippen LogP contribution in [0.5, 0.6) is 0 Å². The first-order chi connectivity index (χ1) is 10.8. The number of nitrogens with zero attached hydrogens (tertiary/aromatic N) is 4. The number of hydrogen-bond donors (Lipinski definition) is 1. The van der Waals surface area contributed by atoms with E-state index in [1.807, 2.05) is 4.90 Å². The van der Waals surface area contributed by atoms with Crippen molar-refractivity contribution in [1.29, 1.82) is 0 Å². The minimum Gasteiger partial charge on any atom is -0.336 e. The molecular formula is C15H17N5OS. The minimum absolute atomic E-state index is 0.0778. The standard InChI is InChI=1S/C15H17N5OS/c21-15(20-7-4-10-2-3-11(9-20)19-10)12-8-18-14(22-12)13-16-5-1-6-17-13/h1,5-6,8,10-11,19H,2-4,7,9H2. The molecule has 2 aliphatic rings. The van der Waals surface area contributed by atoms with E-state index in [0.717, 1.165) is 19.5 Å². The lowest BCUT2D eigenvalue weighted by molar-refractivity contribution is 0.0753. The molecule has 1 amide bonds. The maximum atomic E-state index is 12.7. The molecule has 1 N–H and O–H groups in total. The lowest BCUT2D eigenvalue weighted by Gasteiger charge is -2.23. The third-order valence-electron chi connectivity index (χ3n) is 4.28. The van der Waals surface area contributed by atoms with Gasteiger partial charge in [-0.3, -0.25) is 4.79 Å². The molecule has 2 fully saturated rings. The number of rotatable bonds is 2. The lowest BCUT2D eigenvalue weighted by Crippen LogP contribution is -2.38. The first-order valence-corrected chi connectivity index (χ1v) is 8.40. The highest BCUT2D eigenvalue weighted by molar-refractivity contribution is 7.16. The Labute approximate surface area is 132 Å². The average Bonchev–Trinajstić information content (AvgIpc) is 3.14. The Bertz CT molecular complexity index is 674. The van der Waals surface area contributed by atoms with Crippen molar-refractivity contribution in [2.45, 2.75) is 31.3 Å². The third-order valence-corrected chi connectivity index (χ3v) is 5.27. The molecule has 22 heavy (non-hydrogen) atoms. The van der Waals surface area contributed by atoms with Gasteiger partial charge in [0.25, 0.3) is 5.91 Å². The van der Waals surface area contributed by atoms with E-state index >= 15 is 0 Å². The zero-order chi connectivity index (χ0) is 14.9. The van der Waals surface area contributed by atoms with Crippen molar-refractivity contribution < 1.29 is 4.79 Å². The molecule has 6 nitrogen and oxygen atoms in total. The van der Waals surface area contributed by atoms with Crippen molar-refractivity contribution in [2.75, 3.05) is 13.1 Å². The molecule has 2 bridgehead atoms. The number of amides is 1. The number of fused-ring (bicyclic) bond motifs is 2. The molecule has 2 atom stereocenters. The van der Waals surface area contributed by atoms with Crippen LogP contribution in [0.1, 0.15) is 28.9 Å². The molecule has 2 aromatic rings. The van der Waals surface area contributed by atoms with Crippen molar-refractivity contribution in [2.24, 2.45) is 0 Å². The van der Waals surface area contributed by atoms with Crippen LogP contribution >= 0.6 is 11.3 Å². The van der Waals surface area contributed by atoms with E-state index in [0.29, 0.717) is 27.8 Å². The maximum absolute atomic E-state index is 12.7. The van der Waals surface area contributed by atoms with Gasteiger partial charge in [0.05, 0.1) is 6.20 Å². The van der Waals surface area contributed by atoms with Gasteiger partial charge in [-0.15, -0.1) is 11.3 Å². The Hall–Kier alpha value is -1.86. The normalized spacial score (nSPS) is 24.3. The maximum Gasteiger partial charge on any atom is 0.265 e. The molecule has 0 aliphatic carbocycles. The summed E-state index contributed by atoms with van der Waals surface area (Å²) in [4.78, 5) is 28.0. The molecule has 114 valence electrons. The summed E-state index contributed by atoms with van der Waals surface area (Å²) in [7, 11) is 0. The molecule has 0 saturated carbocycles. The Balaban J connectivity index is 1.52. The van der Waals surface area contributed by atoms with Gasteiger partial charge in [0.15, 0.2) is 10.8 Å². The number of aromatic nitrogens is 3. The molecule has 2 aromatic heterocycles. The van der Waals surface area contributed by atoms with Crippen molar-refractivity contribution in [1.82, 2.24) is 25.2 Å². The van der Waals surface area contributed by atoms with E-state index in [1.165, 1.54) is 24.2 Å². The number of thiazole rings is 1. The van der Waals surface area contributed by atoms with Crippen LogP contribution in [0.25, 0.3) is 10.8 Å². The Morgan fingerprint density at radius 2 is 2.00 bits per heavy atom. The summed E-state index contributed by atoms with van der Waals surface area (Å²) in [6.45, 7) is 1.62. The topological polar surface area (TPSA) is 71.0 Å². The number of likely N-dealkylation sites (tertiary alicyclic amines) is 1. The zero-order valence-corrected chi connectivity index (χ0v) is 12.9. The number of carbonyl (C=O) groups is 1. The number of carbonyl (C=O) groups excluding carboxylic acids is 1. The van der Waals surface area contributed by atoms with Gasteiger partial charge in [-0.1, -0.05) is 0 Å². The van der Waals surface area contributed by atoms with Gasteiger partial charge in [0, 0.05) is 37.6 Å². The van der Waals surface area contributed by atoms with Gasteiger partial charge in [-0.25, -0.2) is 15.0 Å². The fourth-order valence-electron chi connectivity index (χ4n) is 3.17. The van der Waals surface area contributed by atoms with E-state index in [1.54, 1.807) is 24.7 Å². The van der Waals surface area contributed by atoms with E-state index < -0.39 is 0 Å². The SMILES string of the molecule is O=C(c1cnc(-c2ncccn2)s1)N1CCC2CCC(C1)N2. The van der Waals surface area contributed by atoms with Crippen LogP contribution in [-0.4, -0.2) is 50.9 Å². The molecular weight excluding hydrogens is 298 g/mol. The summed E-state index contributed by atoms with van der Waals surface area (Å²) in [5, 5.41) is 4.29. The smallest absolute Gasteiger partial charge is 0.265 e. The predicted octanol–water partition coefficient (Wildman–Crippen LogP) is 1.57. The van der Waals surface area contributed by atoms with Gasteiger partial charge >= 0.3 is 0 Å². The monoisotopic (exact) mass is 315 g/mol. The first kappa shape index (κ1) is 13.8. The summed E-state index contributed by atoms with van der Waals surface area (Å²) in [5.74, 6) is 0.650.